The van der Waals surface area contributed by atoms with Gasteiger partial charge in [-0.3, -0.25) is 39.1 Å². The minimum absolute atomic E-state index is 0.0119. The van der Waals surface area contributed by atoms with E-state index in [-0.39, 0.29) is 30.8 Å². The van der Waals surface area contributed by atoms with Crippen LogP contribution in [0.4, 0.5) is 5.69 Å². The van der Waals surface area contributed by atoms with Crippen LogP contribution in [-0.4, -0.2) is 102 Å². The van der Waals surface area contributed by atoms with Crippen molar-refractivity contribution in [2.75, 3.05) is 44.2 Å². The van der Waals surface area contributed by atoms with Gasteiger partial charge in [0.15, 0.2) is 0 Å². The first-order valence-electron chi connectivity index (χ1n) is 19.7. The maximum Gasteiger partial charge on any atom is 0.264 e. The van der Waals surface area contributed by atoms with Gasteiger partial charge in [0.1, 0.15) is 24.0 Å². The molecule has 4 saturated heterocycles. The number of benzene rings is 3. The lowest BCUT2D eigenvalue weighted by Crippen LogP contribution is -2.60. The Morgan fingerprint density at radius 2 is 1.62 bits per heavy atom. The van der Waals surface area contributed by atoms with Crippen LogP contribution >= 0.6 is 11.6 Å². The highest BCUT2D eigenvalue weighted by molar-refractivity contribution is 6.31. The van der Waals surface area contributed by atoms with Crippen molar-refractivity contribution in [2.24, 2.45) is 5.41 Å². The van der Waals surface area contributed by atoms with E-state index in [9.17, 15) is 24.0 Å². The average molecular weight is 775 g/mol. The van der Waals surface area contributed by atoms with Gasteiger partial charge in [-0.15, -0.1) is 0 Å². The maximum atomic E-state index is 13.6. The van der Waals surface area contributed by atoms with E-state index in [2.05, 4.69) is 33.3 Å². The second-order valence-electron chi connectivity index (χ2n) is 16.3. The Bertz CT molecular complexity index is 2160. The Morgan fingerprint density at radius 3 is 2.30 bits per heavy atom. The third-order valence-corrected chi connectivity index (χ3v) is 13.4. The highest BCUT2D eigenvalue weighted by Crippen LogP contribution is 2.53. The number of carbonyl (C=O) groups excluding carboxylic acids is 5. The Hall–Kier alpha value is -5.25. The summed E-state index contributed by atoms with van der Waals surface area (Å²) in [5.74, 6) is -0.770. The second-order valence-corrected chi connectivity index (χ2v) is 16.7. The molecule has 0 aromatic heterocycles. The molecule has 1 unspecified atom stereocenters. The monoisotopic (exact) mass is 774 g/mol. The lowest BCUT2D eigenvalue weighted by Gasteiger charge is -2.58. The first kappa shape index (κ1) is 36.4. The van der Waals surface area contributed by atoms with Gasteiger partial charge in [0.05, 0.1) is 27.4 Å². The van der Waals surface area contributed by atoms with Gasteiger partial charge in [-0.2, -0.15) is 5.26 Å². The van der Waals surface area contributed by atoms with Crippen LogP contribution in [0.3, 0.4) is 0 Å². The first-order chi connectivity index (χ1) is 27.1. The van der Waals surface area contributed by atoms with Crippen molar-refractivity contribution in [1.29, 1.82) is 5.26 Å². The molecule has 1 N–H and O–H groups in total. The van der Waals surface area contributed by atoms with Gasteiger partial charge in [-0.05, 0) is 79.5 Å². The number of rotatable bonds is 7. The van der Waals surface area contributed by atoms with Crippen LogP contribution in [0.15, 0.2) is 60.7 Å². The van der Waals surface area contributed by atoms with Crippen molar-refractivity contribution in [3.05, 3.63) is 93.5 Å². The number of amides is 5. The molecule has 288 valence electrons. The zero-order chi connectivity index (χ0) is 38.7. The van der Waals surface area contributed by atoms with Crippen LogP contribution in [0.5, 0.6) is 5.75 Å². The molecule has 5 aliphatic heterocycles. The summed E-state index contributed by atoms with van der Waals surface area (Å²) in [7, 11) is 0. The van der Waals surface area contributed by atoms with Crippen molar-refractivity contribution >= 4 is 46.8 Å². The normalized spacial score (nSPS) is 23.1. The van der Waals surface area contributed by atoms with Crippen molar-refractivity contribution in [1.82, 2.24) is 20.0 Å². The number of halogens is 1. The second kappa shape index (κ2) is 14.4. The molecule has 3 aromatic rings. The number of imide groups is 2. The van der Waals surface area contributed by atoms with Gasteiger partial charge in [0.25, 0.3) is 17.7 Å². The lowest BCUT2D eigenvalue weighted by atomic mass is 9.59. The van der Waals surface area contributed by atoms with Crippen molar-refractivity contribution in [3.63, 3.8) is 0 Å². The average Bonchev–Trinajstić information content (AvgIpc) is 3.43. The number of fused-ring (bicyclic) bond motifs is 1. The highest BCUT2D eigenvalue weighted by Gasteiger charge is 2.51. The Labute approximate surface area is 330 Å². The smallest absolute Gasteiger partial charge is 0.264 e. The molecule has 3 aromatic carbocycles. The number of piperidine rings is 3. The molecule has 1 saturated carbocycles. The molecular formula is C43H43ClN6O6. The number of nitrogens with zero attached hydrogens (tertiary/aromatic N) is 5. The topological polar surface area (TPSA) is 143 Å². The molecule has 1 spiro atoms. The molecule has 1 atom stereocenters. The zero-order valence-corrected chi connectivity index (χ0v) is 31.8. The van der Waals surface area contributed by atoms with Gasteiger partial charge >= 0.3 is 0 Å². The lowest BCUT2D eigenvalue weighted by molar-refractivity contribution is -0.136. The molecule has 5 heterocycles. The number of hydrogen-bond acceptors (Lipinski definition) is 9. The fourth-order valence-corrected chi connectivity index (χ4v) is 9.93. The van der Waals surface area contributed by atoms with Crippen LogP contribution in [0.1, 0.15) is 99.5 Å². The van der Waals surface area contributed by atoms with E-state index in [4.69, 9.17) is 21.6 Å². The largest absolute Gasteiger partial charge is 0.490 e. The number of carbonyl (C=O) groups is 5. The van der Waals surface area contributed by atoms with E-state index in [1.165, 1.54) is 5.56 Å². The SMILES string of the molecule is N#Cc1ccc(OC2CCN(C(=O)c3ccc(C4CN(C5CC6(CCN(c7cccc8c7C(=O)N(C7CCC(=O)NC7=O)C8=O)CC6)C5)C4)cc3)CC2)cc1Cl. The number of hydrogen-bond donors (Lipinski definition) is 1. The van der Waals surface area contributed by atoms with Crippen molar-refractivity contribution < 1.29 is 28.7 Å². The van der Waals surface area contributed by atoms with E-state index in [0.29, 0.717) is 63.5 Å². The molecule has 5 fully saturated rings. The fraction of sp³-hybridized carbons (Fsp3) is 0.442. The van der Waals surface area contributed by atoms with Crippen LogP contribution in [0.2, 0.25) is 5.02 Å². The number of ether oxygens (including phenoxy) is 1. The molecule has 0 bridgehead atoms. The summed E-state index contributed by atoms with van der Waals surface area (Å²) in [6, 6.07) is 20.3. The van der Waals surface area contributed by atoms with Crippen LogP contribution < -0.4 is 15.0 Å². The van der Waals surface area contributed by atoms with E-state index in [1.807, 2.05) is 23.1 Å². The molecular weight excluding hydrogens is 732 g/mol. The van der Waals surface area contributed by atoms with Crippen molar-refractivity contribution in [3.8, 4) is 11.8 Å². The van der Waals surface area contributed by atoms with Gasteiger partial charge in [0, 0.05) is 82.1 Å². The molecule has 5 amide bonds. The minimum Gasteiger partial charge on any atom is -0.490 e. The van der Waals surface area contributed by atoms with Gasteiger partial charge in [-0.1, -0.05) is 29.8 Å². The predicted molar refractivity (Wildman–Crippen MR) is 206 cm³/mol. The number of nitriles is 1. The molecule has 13 heteroatoms. The summed E-state index contributed by atoms with van der Waals surface area (Å²) < 4.78 is 6.09. The minimum atomic E-state index is -0.973. The van der Waals surface area contributed by atoms with E-state index < -0.39 is 23.8 Å². The maximum absolute atomic E-state index is 13.6. The van der Waals surface area contributed by atoms with Crippen LogP contribution in [0, 0.1) is 16.7 Å². The molecule has 12 nitrogen and oxygen atoms in total. The number of likely N-dealkylation sites (tertiary alicyclic amines) is 2. The van der Waals surface area contributed by atoms with E-state index in [1.54, 1.807) is 30.3 Å². The Kier molecular flexibility index (Phi) is 9.33. The van der Waals surface area contributed by atoms with Gasteiger partial charge in [0.2, 0.25) is 11.8 Å². The summed E-state index contributed by atoms with van der Waals surface area (Å²) in [6.45, 7) is 4.89. The van der Waals surface area contributed by atoms with Gasteiger partial charge in [-0.25, -0.2) is 0 Å². The third-order valence-electron chi connectivity index (χ3n) is 13.1. The number of anilines is 1. The predicted octanol–water partition coefficient (Wildman–Crippen LogP) is 5.14. The van der Waals surface area contributed by atoms with E-state index >= 15 is 0 Å². The molecule has 56 heavy (non-hydrogen) atoms. The van der Waals surface area contributed by atoms with Gasteiger partial charge < -0.3 is 14.5 Å². The summed E-state index contributed by atoms with van der Waals surface area (Å²) in [5, 5.41) is 11.7. The zero-order valence-electron chi connectivity index (χ0n) is 31.0. The third kappa shape index (κ3) is 6.50. The summed E-state index contributed by atoms with van der Waals surface area (Å²) in [6.07, 6.45) is 6.05. The molecule has 1 aliphatic carbocycles. The quantitative estimate of drug-likeness (QED) is 0.323. The van der Waals surface area contributed by atoms with Crippen LogP contribution in [-0.2, 0) is 9.59 Å². The standard InChI is InChI=1S/C43H43ClN6O6/c44-34-20-32(9-8-28(34)23-45)56-31-12-16-48(17-13-31)40(53)27-6-4-26(5-7-27)29-24-49(25-29)30-21-43(22-30)14-18-47(19-15-43)35-3-1-2-33-38(35)42(55)50(41(33)54)36-10-11-37(51)46-39(36)52/h1-9,20,29-31,36H,10-19,21-22,24-25H2,(H,46,51,52). The Morgan fingerprint density at radius 1 is 0.893 bits per heavy atom. The molecule has 9 rings (SSSR count). The molecule has 0 radical (unpaired) electrons. The molecule has 6 aliphatic rings. The summed E-state index contributed by atoms with van der Waals surface area (Å²) >= 11 is 6.16. The number of nitrogens with one attached hydrogen (secondary N) is 1. The Balaban J connectivity index is 0.729. The van der Waals surface area contributed by atoms with E-state index in [0.717, 1.165) is 75.3 Å². The highest BCUT2D eigenvalue weighted by atomic mass is 35.5. The summed E-state index contributed by atoms with van der Waals surface area (Å²) in [5.41, 5.74) is 4.13. The first-order valence-corrected chi connectivity index (χ1v) is 20.1. The summed E-state index contributed by atoms with van der Waals surface area (Å²) in [4.78, 5) is 72.3. The fourth-order valence-electron chi connectivity index (χ4n) is 9.72. The van der Waals surface area contributed by atoms with Crippen LogP contribution in [0.25, 0.3) is 0 Å². The van der Waals surface area contributed by atoms with Crippen molar-refractivity contribution in [2.45, 2.75) is 75.5 Å².